The zero-order valence-corrected chi connectivity index (χ0v) is 18.1. The summed E-state index contributed by atoms with van der Waals surface area (Å²) < 4.78 is 33.1. The van der Waals surface area contributed by atoms with Gasteiger partial charge < -0.3 is 14.6 Å². The third kappa shape index (κ3) is 4.43. The molecule has 0 unspecified atom stereocenters. The smallest absolute Gasteiger partial charge is 0.266 e. The molecular weight excluding hydrogens is 458 g/mol. The zero-order chi connectivity index (χ0) is 22.0. The Hall–Kier alpha value is -3.00. The van der Waals surface area contributed by atoms with Crippen LogP contribution >= 0.6 is 15.9 Å². The first kappa shape index (κ1) is 21.7. The lowest BCUT2D eigenvalue weighted by Crippen LogP contribution is -2.21. The van der Waals surface area contributed by atoms with Crippen LogP contribution in [-0.4, -0.2) is 29.9 Å². The van der Waals surface area contributed by atoms with Crippen molar-refractivity contribution in [1.29, 1.82) is 0 Å². The Kier molecular flexibility index (Phi) is 6.36. The number of benzene rings is 2. The molecule has 1 heterocycles. The van der Waals surface area contributed by atoms with Gasteiger partial charge in [-0.05, 0) is 52.7 Å². The highest BCUT2D eigenvalue weighted by Gasteiger charge is 2.19. The highest BCUT2D eigenvalue weighted by atomic mass is 79.9. The van der Waals surface area contributed by atoms with Crippen molar-refractivity contribution in [1.82, 2.24) is 9.88 Å². The van der Waals surface area contributed by atoms with Gasteiger partial charge in [0, 0.05) is 42.5 Å². The second-order valence-corrected chi connectivity index (χ2v) is 7.70. The van der Waals surface area contributed by atoms with Crippen LogP contribution in [0.25, 0.3) is 11.1 Å². The summed E-state index contributed by atoms with van der Waals surface area (Å²) in [6.45, 7) is 1.49. The molecule has 0 bridgehead atoms. The van der Waals surface area contributed by atoms with E-state index in [0.29, 0.717) is 22.4 Å². The first-order valence-electron chi connectivity index (χ1n) is 9.00. The predicted octanol–water partition coefficient (Wildman–Crippen LogP) is 4.67. The summed E-state index contributed by atoms with van der Waals surface area (Å²) in [5.74, 6) is -1.40. The van der Waals surface area contributed by atoms with Crippen LogP contribution in [0.1, 0.15) is 21.6 Å². The van der Waals surface area contributed by atoms with E-state index in [2.05, 4.69) is 20.9 Å². The fourth-order valence-corrected chi connectivity index (χ4v) is 3.42. The Balaban J connectivity index is 2.08. The number of halogens is 3. The topological polar surface area (TPSA) is 62.4 Å². The Labute approximate surface area is 180 Å². The molecule has 1 N–H and O–H groups in total. The van der Waals surface area contributed by atoms with Gasteiger partial charge in [-0.15, -0.1) is 0 Å². The van der Waals surface area contributed by atoms with Gasteiger partial charge in [-0.25, -0.2) is 8.78 Å². The Morgan fingerprint density at radius 3 is 2.57 bits per heavy atom. The Morgan fingerprint density at radius 1 is 1.17 bits per heavy atom. The average molecular weight is 477 g/mol. The van der Waals surface area contributed by atoms with Crippen LogP contribution in [0.4, 0.5) is 8.78 Å². The number of carbonyl (C=O) groups excluding carboxylic acids is 1. The number of nitrogens with one attached hydrogen (secondary N) is 1. The van der Waals surface area contributed by atoms with Gasteiger partial charge in [-0.2, -0.15) is 0 Å². The number of hydrogen-bond donors (Lipinski definition) is 1. The molecule has 3 rings (SSSR count). The van der Waals surface area contributed by atoms with Crippen molar-refractivity contribution in [2.24, 2.45) is 0 Å². The fourth-order valence-electron chi connectivity index (χ4n) is 3.01. The number of pyridine rings is 1. The maximum absolute atomic E-state index is 14.0. The minimum atomic E-state index is -0.743. The molecule has 0 fully saturated rings. The van der Waals surface area contributed by atoms with Crippen LogP contribution in [0, 0.1) is 18.6 Å². The monoisotopic (exact) mass is 476 g/mol. The summed E-state index contributed by atoms with van der Waals surface area (Å²) >= 11 is 3.24. The maximum atomic E-state index is 14.0. The number of H-pyrrole nitrogens is 1. The van der Waals surface area contributed by atoms with Crippen molar-refractivity contribution in [3.05, 3.63) is 85.7 Å². The molecule has 3 aromatic rings. The number of aryl methyl sites for hydroxylation is 1. The number of aromatic amines is 1. The van der Waals surface area contributed by atoms with Crippen molar-refractivity contribution in [2.45, 2.75) is 13.5 Å². The molecule has 0 aliphatic rings. The molecule has 0 aliphatic heterocycles. The lowest BCUT2D eigenvalue weighted by Gasteiger charge is -2.17. The number of aromatic nitrogens is 1. The van der Waals surface area contributed by atoms with E-state index in [1.807, 2.05) is 0 Å². The van der Waals surface area contributed by atoms with Crippen LogP contribution in [0.2, 0.25) is 0 Å². The van der Waals surface area contributed by atoms with Crippen LogP contribution in [-0.2, 0) is 6.61 Å². The summed E-state index contributed by atoms with van der Waals surface area (Å²) in [4.78, 5) is 28.8. The second kappa shape index (κ2) is 8.79. The van der Waals surface area contributed by atoms with Crippen LogP contribution in [0.15, 0.2) is 51.7 Å². The molecule has 1 amide bonds. The van der Waals surface area contributed by atoms with Crippen molar-refractivity contribution >= 4 is 21.8 Å². The van der Waals surface area contributed by atoms with Crippen molar-refractivity contribution in [3.63, 3.8) is 0 Å². The van der Waals surface area contributed by atoms with E-state index in [0.717, 1.165) is 12.1 Å². The molecule has 0 saturated heterocycles. The van der Waals surface area contributed by atoms with E-state index in [9.17, 15) is 18.4 Å². The molecule has 5 nitrogen and oxygen atoms in total. The van der Waals surface area contributed by atoms with E-state index in [4.69, 9.17) is 4.74 Å². The lowest BCUT2D eigenvalue weighted by atomic mass is 10.0. The second-order valence-electron chi connectivity index (χ2n) is 6.90. The summed E-state index contributed by atoms with van der Waals surface area (Å²) in [5.41, 5.74) is 1.92. The molecule has 2 aromatic carbocycles. The molecule has 0 radical (unpaired) electrons. The van der Waals surface area contributed by atoms with Crippen molar-refractivity contribution < 1.29 is 18.3 Å². The molecule has 8 heteroatoms. The lowest BCUT2D eigenvalue weighted by molar-refractivity contribution is 0.0827. The van der Waals surface area contributed by atoms with E-state index in [-0.39, 0.29) is 28.3 Å². The quantitative estimate of drug-likeness (QED) is 0.581. The molecular formula is C22H19BrF2N2O3. The summed E-state index contributed by atoms with van der Waals surface area (Å²) in [7, 11) is 3.31. The van der Waals surface area contributed by atoms with Gasteiger partial charge in [-0.1, -0.05) is 12.1 Å². The van der Waals surface area contributed by atoms with Gasteiger partial charge in [0.25, 0.3) is 11.5 Å². The number of carbonyl (C=O) groups is 1. The first-order chi connectivity index (χ1) is 14.2. The normalized spacial score (nSPS) is 10.7. The molecule has 0 aliphatic carbocycles. The number of ether oxygens (including phenoxy) is 1. The van der Waals surface area contributed by atoms with Gasteiger partial charge in [0.1, 0.15) is 28.5 Å². The average Bonchev–Trinajstić information content (AvgIpc) is 2.70. The molecule has 0 saturated carbocycles. The minimum absolute atomic E-state index is 0.134. The SMILES string of the molecule is Cc1[nH]c(=O)c(Br)c(OCc2ccc(F)cc2F)c1-c1cccc(C(=O)N(C)C)c1. The number of rotatable bonds is 5. The minimum Gasteiger partial charge on any atom is -0.487 e. The molecule has 0 spiro atoms. The van der Waals surface area contributed by atoms with Gasteiger partial charge in [0.2, 0.25) is 0 Å². The van der Waals surface area contributed by atoms with Gasteiger partial charge >= 0.3 is 0 Å². The highest BCUT2D eigenvalue weighted by molar-refractivity contribution is 9.10. The van der Waals surface area contributed by atoms with E-state index >= 15 is 0 Å². The van der Waals surface area contributed by atoms with Crippen molar-refractivity contribution in [3.8, 4) is 16.9 Å². The number of nitrogens with zero attached hydrogens (tertiary/aromatic N) is 1. The zero-order valence-electron chi connectivity index (χ0n) is 16.6. The number of hydrogen-bond acceptors (Lipinski definition) is 3. The van der Waals surface area contributed by atoms with Crippen molar-refractivity contribution in [2.75, 3.05) is 14.1 Å². The van der Waals surface area contributed by atoms with Crippen LogP contribution in [0.5, 0.6) is 5.75 Å². The highest BCUT2D eigenvalue weighted by Crippen LogP contribution is 2.37. The molecule has 0 atom stereocenters. The fraction of sp³-hybridized carbons (Fsp3) is 0.182. The third-order valence-corrected chi connectivity index (χ3v) is 5.21. The van der Waals surface area contributed by atoms with Gasteiger partial charge in [-0.3, -0.25) is 9.59 Å². The summed E-state index contributed by atoms with van der Waals surface area (Å²) in [6.07, 6.45) is 0. The molecule has 156 valence electrons. The van der Waals surface area contributed by atoms with E-state index in [1.165, 1.54) is 11.0 Å². The standard InChI is InChI=1S/C22H19BrF2N2O3/c1-12-18(13-5-4-6-14(9-13)22(29)27(2)3)20(19(23)21(28)26-12)30-11-15-7-8-16(24)10-17(15)25/h4-10H,11H2,1-3H3,(H,26,28). The maximum Gasteiger partial charge on any atom is 0.266 e. The third-order valence-electron chi connectivity index (χ3n) is 4.49. The predicted molar refractivity (Wildman–Crippen MR) is 114 cm³/mol. The van der Waals surface area contributed by atoms with Gasteiger partial charge in [0.05, 0.1) is 0 Å². The van der Waals surface area contributed by atoms with E-state index in [1.54, 1.807) is 45.3 Å². The molecule has 1 aromatic heterocycles. The van der Waals surface area contributed by atoms with Crippen LogP contribution < -0.4 is 10.3 Å². The van der Waals surface area contributed by atoms with Gasteiger partial charge in [0.15, 0.2) is 0 Å². The number of amides is 1. The largest absolute Gasteiger partial charge is 0.487 e. The Morgan fingerprint density at radius 2 is 1.90 bits per heavy atom. The Bertz CT molecular complexity index is 1180. The molecule has 30 heavy (non-hydrogen) atoms. The first-order valence-corrected chi connectivity index (χ1v) is 9.79. The summed E-state index contributed by atoms with van der Waals surface area (Å²) in [5, 5.41) is 0. The summed E-state index contributed by atoms with van der Waals surface area (Å²) in [6, 6.07) is 10.1. The van der Waals surface area contributed by atoms with Crippen LogP contribution in [0.3, 0.4) is 0 Å². The van der Waals surface area contributed by atoms with E-state index < -0.39 is 17.2 Å².